The Balaban J connectivity index is 1.53. The van der Waals surface area contributed by atoms with E-state index in [0.717, 1.165) is 52.9 Å². The van der Waals surface area contributed by atoms with Crippen molar-refractivity contribution in [3.8, 4) is 21.8 Å². The van der Waals surface area contributed by atoms with Crippen molar-refractivity contribution in [2.75, 3.05) is 26.2 Å². The van der Waals surface area contributed by atoms with Gasteiger partial charge in [-0.05, 0) is 24.0 Å². The van der Waals surface area contributed by atoms with Crippen LogP contribution < -0.4 is 5.32 Å². The minimum absolute atomic E-state index is 0.103. The summed E-state index contributed by atoms with van der Waals surface area (Å²) in [6.07, 6.45) is 0. The normalized spacial score (nSPS) is 21.1. The molecule has 0 radical (unpaired) electrons. The number of fused-ring (bicyclic) bond motifs is 1. The van der Waals surface area contributed by atoms with Crippen LogP contribution in [0.3, 0.4) is 0 Å². The molecule has 3 heterocycles. The fourth-order valence-electron chi connectivity index (χ4n) is 4.14. The Kier molecular flexibility index (Phi) is 4.67. The standard InChI is InChI=1S/C22H20ClN3OS/c23-18-8-6-15(7-9-18)21-25-19(14-4-2-1-3-5-14)20(28-21)22(27)26-12-16-10-24-11-17(16)13-26/h1-9,16-17,24H,10-13H2/t16-,17+. The summed E-state index contributed by atoms with van der Waals surface area (Å²) in [6.45, 7) is 3.69. The molecule has 2 saturated heterocycles. The van der Waals surface area contributed by atoms with E-state index < -0.39 is 0 Å². The molecule has 28 heavy (non-hydrogen) atoms. The van der Waals surface area contributed by atoms with E-state index in [1.807, 2.05) is 59.5 Å². The summed E-state index contributed by atoms with van der Waals surface area (Å²) in [5.41, 5.74) is 2.73. The number of hydrogen-bond donors (Lipinski definition) is 1. The van der Waals surface area contributed by atoms with Gasteiger partial charge in [0.15, 0.2) is 0 Å². The van der Waals surface area contributed by atoms with E-state index >= 15 is 0 Å². The molecule has 0 unspecified atom stereocenters. The summed E-state index contributed by atoms with van der Waals surface area (Å²) < 4.78 is 0. The molecular weight excluding hydrogens is 390 g/mol. The number of aromatic nitrogens is 1. The monoisotopic (exact) mass is 409 g/mol. The molecule has 0 spiro atoms. The minimum Gasteiger partial charge on any atom is -0.337 e. The number of hydrogen-bond acceptors (Lipinski definition) is 4. The molecular formula is C22H20ClN3OS. The van der Waals surface area contributed by atoms with Gasteiger partial charge in [0, 0.05) is 42.3 Å². The van der Waals surface area contributed by atoms with Crippen LogP contribution in [0.5, 0.6) is 0 Å². The van der Waals surface area contributed by atoms with E-state index in [1.54, 1.807) is 0 Å². The number of nitrogens with one attached hydrogen (secondary N) is 1. The van der Waals surface area contributed by atoms with Gasteiger partial charge in [-0.2, -0.15) is 0 Å². The van der Waals surface area contributed by atoms with E-state index in [2.05, 4.69) is 5.32 Å². The van der Waals surface area contributed by atoms with Crippen LogP contribution in [0.4, 0.5) is 0 Å². The van der Waals surface area contributed by atoms with Gasteiger partial charge < -0.3 is 10.2 Å². The summed E-state index contributed by atoms with van der Waals surface area (Å²) in [7, 11) is 0. The van der Waals surface area contributed by atoms with Gasteiger partial charge in [0.05, 0.1) is 5.69 Å². The topological polar surface area (TPSA) is 45.2 Å². The van der Waals surface area contributed by atoms with Gasteiger partial charge in [0.2, 0.25) is 0 Å². The minimum atomic E-state index is 0.103. The first-order valence-electron chi connectivity index (χ1n) is 9.51. The summed E-state index contributed by atoms with van der Waals surface area (Å²) in [4.78, 5) is 21.0. The van der Waals surface area contributed by atoms with E-state index in [4.69, 9.17) is 16.6 Å². The molecule has 1 aromatic heterocycles. The molecule has 2 atom stereocenters. The molecule has 0 saturated carbocycles. The lowest BCUT2D eigenvalue weighted by Gasteiger charge is -2.17. The lowest BCUT2D eigenvalue weighted by molar-refractivity contribution is 0.0787. The molecule has 2 fully saturated rings. The highest BCUT2D eigenvalue weighted by Gasteiger charge is 2.39. The molecule has 2 aliphatic rings. The first kappa shape index (κ1) is 17.9. The molecule has 1 N–H and O–H groups in total. The molecule has 2 aliphatic heterocycles. The van der Waals surface area contributed by atoms with Gasteiger partial charge >= 0.3 is 0 Å². The molecule has 3 aromatic rings. The molecule has 142 valence electrons. The van der Waals surface area contributed by atoms with Gasteiger partial charge in [-0.1, -0.05) is 54.1 Å². The Labute approximate surface area is 173 Å². The maximum atomic E-state index is 13.4. The van der Waals surface area contributed by atoms with Gasteiger partial charge in [-0.25, -0.2) is 4.98 Å². The highest BCUT2D eigenvalue weighted by Crippen LogP contribution is 2.37. The Hall–Kier alpha value is -2.21. The molecule has 2 aromatic carbocycles. The van der Waals surface area contributed by atoms with Crippen LogP contribution in [0.25, 0.3) is 21.8 Å². The zero-order valence-corrected chi connectivity index (χ0v) is 16.8. The fraction of sp³-hybridized carbons (Fsp3) is 0.273. The number of carbonyl (C=O) groups is 1. The van der Waals surface area contributed by atoms with Crippen LogP contribution in [-0.4, -0.2) is 42.0 Å². The van der Waals surface area contributed by atoms with E-state index in [-0.39, 0.29) is 5.91 Å². The Bertz CT molecular complexity index is 990. The second-order valence-electron chi connectivity index (χ2n) is 7.46. The number of carbonyl (C=O) groups excluding carboxylic acids is 1. The Morgan fingerprint density at radius 1 is 1.00 bits per heavy atom. The predicted molar refractivity (Wildman–Crippen MR) is 114 cm³/mol. The van der Waals surface area contributed by atoms with Gasteiger partial charge in [-0.3, -0.25) is 4.79 Å². The number of halogens is 1. The molecule has 5 rings (SSSR count). The van der Waals surface area contributed by atoms with Crippen molar-refractivity contribution in [3.05, 3.63) is 64.5 Å². The van der Waals surface area contributed by atoms with Crippen molar-refractivity contribution in [1.82, 2.24) is 15.2 Å². The number of amides is 1. The highest BCUT2D eigenvalue weighted by atomic mass is 35.5. The highest BCUT2D eigenvalue weighted by molar-refractivity contribution is 7.17. The third-order valence-corrected chi connectivity index (χ3v) is 6.98. The van der Waals surface area contributed by atoms with Crippen molar-refractivity contribution >= 4 is 28.8 Å². The summed E-state index contributed by atoms with van der Waals surface area (Å²) >= 11 is 7.51. The Morgan fingerprint density at radius 3 is 2.36 bits per heavy atom. The second-order valence-corrected chi connectivity index (χ2v) is 8.89. The van der Waals surface area contributed by atoms with E-state index in [9.17, 15) is 4.79 Å². The lowest BCUT2D eigenvalue weighted by atomic mass is 10.0. The number of likely N-dealkylation sites (tertiary alicyclic amines) is 1. The van der Waals surface area contributed by atoms with Crippen molar-refractivity contribution < 1.29 is 4.79 Å². The lowest BCUT2D eigenvalue weighted by Crippen LogP contribution is -2.31. The molecule has 4 nitrogen and oxygen atoms in total. The fourth-order valence-corrected chi connectivity index (χ4v) is 5.32. The Morgan fingerprint density at radius 2 is 1.68 bits per heavy atom. The zero-order chi connectivity index (χ0) is 19.1. The zero-order valence-electron chi connectivity index (χ0n) is 15.3. The average Bonchev–Trinajstić information content (AvgIpc) is 3.43. The largest absolute Gasteiger partial charge is 0.337 e. The van der Waals surface area contributed by atoms with Crippen molar-refractivity contribution in [1.29, 1.82) is 0 Å². The van der Waals surface area contributed by atoms with Crippen LogP contribution in [0.2, 0.25) is 5.02 Å². The smallest absolute Gasteiger partial charge is 0.266 e. The third-order valence-electron chi connectivity index (χ3n) is 5.64. The van der Waals surface area contributed by atoms with Crippen molar-refractivity contribution in [2.24, 2.45) is 11.8 Å². The van der Waals surface area contributed by atoms with Gasteiger partial charge in [0.1, 0.15) is 9.88 Å². The summed E-state index contributed by atoms with van der Waals surface area (Å²) in [5, 5.41) is 4.97. The predicted octanol–water partition coefficient (Wildman–Crippen LogP) is 4.42. The maximum absolute atomic E-state index is 13.4. The van der Waals surface area contributed by atoms with E-state index in [0.29, 0.717) is 16.9 Å². The first-order valence-corrected chi connectivity index (χ1v) is 10.7. The third kappa shape index (κ3) is 3.24. The van der Waals surface area contributed by atoms with Crippen LogP contribution in [0.15, 0.2) is 54.6 Å². The van der Waals surface area contributed by atoms with Gasteiger partial charge in [-0.15, -0.1) is 11.3 Å². The van der Waals surface area contributed by atoms with Crippen LogP contribution >= 0.6 is 22.9 Å². The molecule has 6 heteroatoms. The quantitative estimate of drug-likeness (QED) is 0.696. The van der Waals surface area contributed by atoms with Crippen LogP contribution in [0, 0.1) is 11.8 Å². The molecule has 0 aliphatic carbocycles. The number of nitrogens with zero attached hydrogens (tertiary/aromatic N) is 2. The number of benzene rings is 2. The molecule has 1 amide bonds. The number of thiazole rings is 1. The van der Waals surface area contributed by atoms with Crippen LogP contribution in [0.1, 0.15) is 9.67 Å². The maximum Gasteiger partial charge on any atom is 0.266 e. The van der Waals surface area contributed by atoms with Crippen molar-refractivity contribution in [2.45, 2.75) is 0 Å². The molecule has 0 bridgehead atoms. The first-order chi connectivity index (χ1) is 13.7. The van der Waals surface area contributed by atoms with Crippen LogP contribution in [-0.2, 0) is 0 Å². The summed E-state index contributed by atoms with van der Waals surface area (Å²) in [5.74, 6) is 1.26. The SMILES string of the molecule is O=C(c1sc(-c2ccc(Cl)cc2)nc1-c1ccccc1)N1C[C@H]2CNC[C@H]2C1. The average molecular weight is 410 g/mol. The summed E-state index contributed by atoms with van der Waals surface area (Å²) in [6, 6.07) is 17.6. The second kappa shape index (κ2) is 7.32. The van der Waals surface area contributed by atoms with Crippen molar-refractivity contribution in [3.63, 3.8) is 0 Å². The van der Waals surface area contributed by atoms with Gasteiger partial charge in [0.25, 0.3) is 5.91 Å². The number of rotatable bonds is 3. The van der Waals surface area contributed by atoms with E-state index in [1.165, 1.54) is 11.3 Å².